The molecule has 0 saturated carbocycles. The zero-order valence-corrected chi connectivity index (χ0v) is 4.74. The molecule has 2 N–H and O–H groups in total. The van der Waals surface area contributed by atoms with E-state index in [1.807, 2.05) is 0 Å². The fourth-order valence-corrected chi connectivity index (χ4v) is 0.681. The summed E-state index contributed by atoms with van der Waals surface area (Å²) >= 11 is 0. The van der Waals surface area contributed by atoms with Gasteiger partial charge in [-0.05, 0) is 0 Å². The van der Waals surface area contributed by atoms with E-state index in [1.54, 1.807) is 29.8 Å². The summed E-state index contributed by atoms with van der Waals surface area (Å²) in [5.41, 5.74) is 1.57. The summed E-state index contributed by atoms with van der Waals surface area (Å²) in [6, 6.07) is 0. The molecule has 0 aromatic rings. The normalized spacial score (nSPS) is 16.6. The van der Waals surface area contributed by atoms with E-state index in [1.165, 1.54) is 0 Å². The summed E-state index contributed by atoms with van der Waals surface area (Å²) in [7, 11) is 0. The summed E-state index contributed by atoms with van der Waals surface area (Å²) in [5, 5.41) is 8.13. The molecule has 3 nitrogen and oxygen atoms in total. The second-order valence-corrected chi connectivity index (χ2v) is 1.77. The maximum atomic E-state index is 10.6. The van der Waals surface area contributed by atoms with Crippen LogP contribution in [0.5, 0.6) is 0 Å². The average molecular weight is 125 g/mol. The first-order valence-electron chi connectivity index (χ1n) is 2.63. The second-order valence-electron chi connectivity index (χ2n) is 1.77. The standard InChI is InChI=1S/C6H7NO2/c8-6(7-9)5-3-1-2-4-5/h1-5,9H,(H,7,8). The Kier molecular flexibility index (Phi) is 1.65. The van der Waals surface area contributed by atoms with Gasteiger partial charge in [-0.3, -0.25) is 10.0 Å². The van der Waals surface area contributed by atoms with Gasteiger partial charge in [0.05, 0.1) is 5.92 Å². The molecule has 3 heteroatoms. The molecule has 0 saturated heterocycles. The van der Waals surface area contributed by atoms with E-state index in [4.69, 9.17) is 5.21 Å². The van der Waals surface area contributed by atoms with Crippen molar-refractivity contribution in [2.24, 2.45) is 5.92 Å². The molecule has 1 aliphatic carbocycles. The van der Waals surface area contributed by atoms with Crippen molar-refractivity contribution in [1.29, 1.82) is 0 Å². The molecule has 0 unspecified atom stereocenters. The Labute approximate surface area is 52.6 Å². The van der Waals surface area contributed by atoms with E-state index >= 15 is 0 Å². The molecule has 0 spiro atoms. The topological polar surface area (TPSA) is 49.3 Å². The molecular formula is C6H7NO2. The number of rotatable bonds is 1. The summed E-state index contributed by atoms with van der Waals surface area (Å²) in [5.74, 6) is -0.671. The zero-order chi connectivity index (χ0) is 6.69. The van der Waals surface area contributed by atoms with Crippen LogP contribution in [0.15, 0.2) is 24.3 Å². The lowest BCUT2D eigenvalue weighted by Gasteiger charge is -1.99. The molecule has 0 atom stereocenters. The van der Waals surface area contributed by atoms with E-state index in [0.29, 0.717) is 0 Å². The molecule has 48 valence electrons. The fourth-order valence-electron chi connectivity index (χ4n) is 0.681. The first kappa shape index (κ1) is 6.04. The molecule has 0 aliphatic heterocycles. The Hall–Kier alpha value is -1.09. The summed E-state index contributed by atoms with van der Waals surface area (Å²) in [6.07, 6.45) is 6.93. The molecule has 0 aromatic heterocycles. The van der Waals surface area contributed by atoms with Crippen molar-refractivity contribution in [1.82, 2.24) is 5.48 Å². The number of carbonyl (C=O) groups is 1. The highest BCUT2D eigenvalue weighted by Gasteiger charge is 2.11. The van der Waals surface area contributed by atoms with Crippen molar-refractivity contribution >= 4 is 5.91 Å². The lowest BCUT2D eigenvalue weighted by molar-refractivity contribution is -0.130. The third-order valence-corrected chi connectivity index (χ3v) is 1.16. The maximum absolute atomic E-state index is 10.6. The van der Waals surface area contributed by atoms with Crippen LogP contribution in [0.25, 0.3) is 0 Å². The second kappa shape index (κ2) is 2.46. The highest BCUT2D eigenvalue weighted by atomic mass is 16.5. The van der Waals surface area contributed by atoms with Gasteiger partial charge in [-0.15, -0.1) is 0 Å². The molecular weight excluding hydrogens is 118 g/mol. The van der Waals surface area contributed by atoms with E-state index in [-0.39, 0.29) is 11.8 Å². The Morgan fingerprint density at radius 2 is 2.00 bits per heavy atom. The number of allylic oxidation sites excluding steroid dienone is 2. The third kappa shape index (κ3) is 1.17. The number of carbonyl (C=O) groups excluding carboxylic acids is 1. The summed E-state index contributed by atoms with van der Waals surface area (Å²) < 4.78 is 0. The molecule has 1 rings (SSSR count). The lowest BCUT2D eigenvalue weighted by atomic mass is 10.2. The number of hydrogen-bond donors (Lipinski definition) is 2. The van der Waals surface area contributed by atoms with Crippen molar-refractivity contribution in [2.75, 3.05) is 0 Å². The summed E-state index contributed by atoms with van der Waals surface area (Å²) in [6.45, 7) is 0. The van der Waals surface area contributed by atoms with E-state index < -0.39 is 0 Å². The maximum Gasteiger partial charge on any atom is 0.254 e. The van der Waals surface area contributed by atoms with Crippen molar-refractivity contribution in [3.8, 4) is 0 Å². The van der Waals surface area contributed by atoms with Gasteiger partial charge < -0.3 is 0 Å². The highest BCUT2D eigenvalue weighted by molar-refractivity contribution is 5.81. The van der Waals surface area contributed by atoms with E-state index in [2.05, 4.69) is 0 Å². The minimum atomic E-state index is -0.389. The Bertz CT molecular complexity index is 160. The quantitative estimate of drug-likeness (QED) is 0.389. The van der Waals surface area contributed by atoms with Gasteiger partial charge in [0, 0.05) is 0 Å². The molecule has 0 aromatic carbocycles. The van der Waals surface area contributed by atoms with E-state index in [9.17, 15) is 4.79 Å². The Morgan fingerprint density at radius 1 is 1.44 bits per heavy atom. The zero-order valence-electron chi connectivity index (χ0n) is 4.74. The van der Waals surface area contributed by atoms with E-state index in [0.717, 1.165) is 0 Å². The minimum Gasteiger partial charge on any atom is -0.289 e. The summed E-state index contributed by atoms with van der Waals surface area (Å²) in [4.78, 5) is 10.6. The molecule has 0 radical (unpaired) electrons. The fraction of sp³-hybridized carbons (Fsp3) is 0.167. The first-order chi connectivity index (χ1) is 4.34. The van der Waals surface area contributed by atoms with Crippen LogP contribution in [-0.4, -0.2) is 11.1 Å². The first-order valence-corrected chi connectivity index (χ1v) is 2.63. The Balaban J connectivity index is 2.53. The Morgan fingerprint density at radius 3 is 2.44 bits per heavy atom. The SMILES string of the molecule is O=C(NO)C1C=CC=C1. The monoisotopic (exact) mass is 125 g/mol. The predicted octanol–water partition coefficient (Wildman–Crippen LogP) is 0.234. The molecule has 9 heavy (non-hydrogen) atoms. The molecule has 0 bridgehead atoms. The molecule has 1 aliphatic rings. The lowest BCUT2D eigenvalue weighted by Crippen LogP contribution is -2.24. The number of amides is 1. The smallest absolute Gasteiger partial charge is 0.254 e. The number of hydroxylamine groups is 1. The van der Waals surface area contributed by atoms with Crippen molar-refractivity contribution in [3.63, 3.8) is 0 Å². The van der Waals surface area contributed by atoms with Crippen molar-refractivity contribution in [2.45, 2.75) is 0 Å². The molecule has 1 amide bonds. The highest BCUT2D eigenvalue weighted by Crippen LogP contribution is 2.07. The van der Waals surface area contributed by atoms with Crippen LogP contribution < -0.4 is 5.48 Å². The van der Waals surface area contributed by atoms with Crippen LogP contribution in [0, 0.1) is 5.92 Å². The van der Waals surface area contributed by atoms with Gasteiger partial charge >= 0.3 is 0 Å². The third-order valence-electron chi connectivity index (χ3n) is 1.16. The van der Waals surface area contributed by atoms with Gasteiger partial charge in [0.15, 0.2) is 0 Å². The number of hydrogen-bond acceptors (Lipinski definition) is 2. The van der Waals surface area contributed by atoms with Gasteiger partial charge in [-0.25, -0.2) is 5.48 Å². The van der Waals surface area contributed by atoms with Gasteiger partial charge in [0.1, 0.15) is 0 Å². The van der Waals surface area contributed by atoms with Gasteiger partial charge in [-0.1, -0.05) is 24.3 Å². The minimum absolute atomic E-state index is 0.282. The van der Waals surface area contributed by atoms with Gasteiger partial charge in [0.2, 0.25) is 0 Å². The van der Waals surface area contributed by atoms with Crippen LogP contribution >= 0.6 is 0 Å². The van der Waals surface area contributed by atoms with Gasteiger partial charge in [0.25, 0.3) is 5.91 Å². The van der Waals surface area contributed by atoms with Crippen LogP contribution in [0.1, 0.15) is 0 Å². The molecule has 0 fully saturated rings. The van der Waals surface area contributed by atoms with Crippen LogP contribution in [0.4, 0.5) is 0 Å². The van der Waals surface area contributed by atoms with Crippen molar-refractivity contribution in [3.05, 3.63) is 24.3 Å². The number of nitrogens with one attached hydrogen (secondary N) is 1. The average Bonchev–Trinajstić information content (AvgIpc) is 2.37. The van der Waals surface area contributed by atoms with Crippen LogP contribution in [0.2, 0.25) is 0 Å². The largest absolute Gasteiger partial charge is 0.289 e. The predicted molar refractivity (Wildman–Crippen MR) is 31.7 cm³/mol. The molecule has 0 heterocycles. The van der Waals surface area contributed by atoms with Crippen LogP contribution in [0.3, 0.4) is 0 Å². The van der Waals surface area contributed by atoms with Crippen LogP contribution in [-0.2, 0) is 4.79 Å². The van der Waals surface area contributed by atoms with Gasteiger partial charge in [-0.2, -0.15) is 0 Å². The van der Waals surface area contributed by atoms with Crippen molar-refractivity contribution < 1.29 is 10.0 Å².